The van der Waals surface area contributed by atoms with Crippen LogP contribution >= 0.6 is 0 Å². The molecule has 4 nitrogen and oxygen atoms in total. The molecule has 0 bridgehead atoms. The van der Waals surface area contributed by atoms with E-state index in [2.05, 4.69) is 66.9 Å². The number of fused-ring (bicyclic) bond motifs is 1. The van der Waals surface area contributed by atoms with Crippen LogP contribution in [0.5, 0.6) is 0 Å². The van der Waals surface area contributed by atoms with E-state index >= 15 is 0 Å². The Labute approximate surface area is 120 Å². The van der Waals surface area contributed by atoms with E-state index in [1.165, 1.54) is 5.56 Å². The fraction of sp³-hybridized carbons (Fsp3) is 0.500. The zero-order valence-electron chi connectivity index (χ0n) is 12.6. The predicted molar refractivity (Wildman–Crippen MR) is 81.8 cm³/mol. The van der Waals surface area contributed by atoms with Crippen LogP contribution in [-0.2, 0) is 0 Å². The summed E-state index contributed by atoms with van der Waals surface area (Å²) in [4.78, 5) is 4.66. The Morgan fingerprint density at radius 3 is 2.55 bits per heavy atom. The molecule has 0 fully saturated rings. The third kappa shape index (κ3) is 2.30. The highest BCUT2D eigenvalue weighted by molar-refractivity contribution is 5.57. The Hall–Kier alpha value is -1.84. The Kier molecular flexibility index (Phi) is 3.04. The van der Waals surface area contributed by atoms with Crippen molar-refractivity contribution < 1.29 is 0 Å². The summed E-state index contributed by atoms with van der Waals surface area (Å²) in [6, 6.07) is 8.77. The van der Waals surface area contributed by atoms with Crippen molar-refractivity contribution in [1.82, 2.24) is 14.8 Å². The fourth-order valence-corrected chi connectivity index (χ4v) is 2.73. The van der Waals surface area contributed by atoms with Crippen molar-refractivity contribution in [2.24, 2.45) is 5.41 Å². The second-order valence-electron chi connectivity index (χ2n) is 6.67. The molecule has 1 aliphatic heterocycles. The molecule has 0 aliphatic carbocycles. The van der Waals surface area contributed by atoms with Gasteiger partial charge in [-0.15, -0.1) is 5.10 Å². The van der Waals surface area contributed by atoms with Crippen molar-refractivity contribution in [2.45, 2.75) is 40.2 Å². The van der Waals surface area contributed by atoms with Gasteiger partial charge in [0.1, 0.15) is 0 Å². The minimum atomic E-state index is 0.190. The van der Waals surface area contributed by atoms with Crippen LogP contribution in [0.1, 0.15) is 38.8 Å². The topological polar surface area (TPSA) is 42.7 Å². The van der Waals surface area contributed by atoms with E-state index in [1.54, 1.807) is 0 Å². The molecule has 1 aliphatic rings. The lowest BCUT2D eigenvalue weighted by atomic mass is 9.84. The maximum atomic E-state index is 4.74. The van der Waals surface area contributed by atoms with Crippen molar-refractivity contribution in [3.05, 3.63) is 29.8 Å². The van der Waals surface area contributed by atoms with Gasteiger partial charge in [0.2, 0.25) is 5.95 Å². The molecule has 1 N–H and O–H groups in total. The summed E-state index contributed by atoms with van der Waals surface area (Å²) >= 11 is 0. The van der Waals surface area contributed by atoms with Gasteiger partial charge in [-0.2, -0.15) is 4.98 Å². The first-order valence-electron chi connectivity index (χ1n) is 7.22. The van der Waals surface area contributed by atoms with Gasteiger partial charge in [-0.25, -0.2) is 4.68 Å². The molecule has 2 heterocycles. The molecule has 2 aromatic rings. The summed E-state index contributed by atoms with van der Waals surface area (Å²) in [6.07, 6.45) is 1.09. The van der Waals surface area contributed by atoms with E-state index in [1.807, 2.05) is 0 Å². The molecule has 1 atom stereocenters. The second-order valence-corrected chi connectivity index (χ2v) is 6.67. The standard InChI is InChI=1S/C16H22N4/c1-11-5-7-12(8-6-11)14-18-15-17-10-9-13(16(2,3)4)20(15)19-14/h5-8,13H,9-10H2,1-4H3,(H,17,18,19). The monoisotopic (exact) mass is 270 g/mol. The van der Waals surface area contributed by atoms with Gasteiger partial charge in [0.25, 0.3) is 0 Å². The summed E-state index contributed by atoms with van der Waals surface area (Å²) < 4.78 is 2.07. The third-order valence-corrected chi connectivity index (χ3v) is 3.94. The quantitative estimate of drug-likeness (QED) is 0.860. The van der Waals surface area contributed by atoms with Crippen LogP contribution in [0.25, 0.3) is 11.4 Å². The van der Waals surface area contributed by atoms with E-state index in [4.69, 9.17) is 5.10 Å². The van der Waals surface area contributed by atoms with Crippen LogP contribution in [0, 0.1) is 12.3 Å². The first-order valence-corrected chi connectivity index (χ1v) is 7.22. The van der Waals surface area contributed by atoms with E-state index in [0.717, 1.165) is 30.3 Å². The lowest BCUT2D eigenvalue weighted by Gasteiger charge is -2.34. The lowest BCUT2D eigenvalue weighted by Crippen LogP contribution is -2.32. The lowest BCUT2D eigenvalue weighted by molar-refractivity contribution is 0.210. The first kappa shape index (κ1) is 13.2. The van der Waals surface area contributed by atoms with Gasteiger partial charge in [0.15, 0.2) is 5.82 Å². The molecular formula is C16H22N4. The summed E-state index contributed by atoms with van der Waals surface area (Å²) in [5, 5.41) is 8.10. The van der Waals surface area contributed by atoms with Crippen molar-refractivity contribution in [3.63, 3.8) is 0 Å². The SMILES string of the molecule is Cc1ccc(-c2nc3n(n2)C(C(C)(C)C)CCN3)cc1. The number of benzene rings is 1. The molecule has 0 saturated carbocycles. The van der Waals surface area contributed by atoms with Gasteiger partial charge in [0, 0.05) is 12.1 Å². The van der Waals surface area contributed by atoms with Crippen molar-refractivity contribution in [3.8, 4) is 11.4 Å². The molecule has 0 amide bonds. The number of aromatic nitrogens is 3. The predicted octanol–water partition coefficient (Wildman–Crippen LogP) is 3.66. The van der Waals surface area contributed by atoms with E-state index in [9.17, 15) is 0 Å². The highest BCUT2D eigenvalue weighted by Crippen LogP contribution is 2.37. The highest BCUT2D eigenvalue weighted by Gasteiger charge is 2.32. The van der Waals surface area contributed by atoms with E-state index < -0.39 is 0 Å². The normalized spacial score (nSPS) is 18.5. The Morgan fingerprint density at radius 2 is 1.90 bits per heavy atom. The molecule has 106 valence electrons. The number of aryl methyl sites for hydroxylation is 1. The average molecular weight is 270 g/mol. The molecule has 0 saturated heterocycles. The van der Waals surface area contributed by atoms with Gasteiger partial charge >= 0.3 is 0 Å². The minimum absolute atomic E-state index is 0.190. The average Bonchev–Trinajstić information content (AvgIpc) is 2.81. The largest absolute Gasteiger partial charge is 0.354 e. The highest BCUT2D eigenvalue weighted by atomic mass is 15.4. The summed E-state index contributed by atoms with van der Waals surface area (Å²) in [7, 11) is 0. The van der Waals surface area contributed by atoms with Crippen LogP contribution in [0.4, 0.5) is 5.95 Å². The van der Waals surface area contributed by atoms with Crippen LogP contribution in [0.2, 0.25) is 0 Å². The molecule has 20 heavy (non-hydrogen) atoms. The molecule has 3 rings (SSSR count). The summed E-state index contributed by atoms with van der Waals surface area (Å²) in [6.45, 7) is 9.85. The van der Waals surface area contributed by atoms with Crippen LogP contribution in [0.15, 0.2) is 24.3 Å². The van der Waals surface area contributed by atoms with Crippen LogP contribution < -0.4 is 5.32 Å². The van der Waals surface area contributed by atoms with Crippen LogP contribution in [0.3, 0.4) is 0 Å². The number of hydrogen-bond donors (Lipinski definition) is 1. The molecule has 4 heteroatoms. The number of nitrogens with zero attached hydrogens (tertiary/aromatic N) is 3. The zero-order chi connectivity index (χ0) is 14.3. The maximum absolute atomic E-state index is 4.74. The third-order valence-electron chi connectivity index (χ3n) is 3.94. The van der Waals surface area contributed by atoms with Crippen molar-refractivity contribution in [2.75, 3.05) is 11.9 Å². The molecular weight excluding hydrogens is 248 g/mol. The number of hydrogen-bond acceptors (Lipinski definition) is 3. The van der Waals surface area contributed by atoms with Gasteiger partial charge in [-0.1, -0.05) is 50.6 Å². The fourth-order valence-electron chi connectivity index (χ4n) is 2.73. The Bertz CT molecular complexity index is 604. The second kappa shape index (κ2) is 4.62. The summed E-state index contributed by atoms with van der Waals surface area (Å²) in [5.74, 6) is 1.70. The molecule has 1 unspecified atom stereocenters. The van der Waals surface area contributed by atoms with Gasteiger partial charge < -0.3 is 5.32 Å². The number of rotatable bonds is 1. The summed E-state index contributed by atoms with van der Waals surface area (Å²) in [5.41, 5.74) is 2.52. The first-order chi connectivity index (χ1) is 9.45. The van der Waals surface area contributed by atoms with Gasteiger partial charge in [-0.05, 0) is 18.8 Å². The van der Waals surface area contributed by atoms with E-state index in [0.29, 0.717) is 6.04 Å². The number of anilines is 1. The molecule has 0 radical (unpaired) electrons. The van der Waals surface area contributed by atoms with Crippen LogP contribution in [-0.4, -0.2) is 21.3 Å². The molecule has 1 aromatic carbocycles. The Balaban J connectivity index is 2.01. The van der Waals surface area contributed by atoms with Gasteiger partial charge in [0.05, 0.1) is 6.04 Å². The Morgan fingerprint density at radius 1 is 1.20 bits per heavy atom. The smallest absolute Gasteiger partial charge is 0.221 e. The maximum Gasteiger partial charge on any atom is 0.221 e. The van der Waals surface area contributed by atoms with E-state index in [-0.39, 0.29) is 5.41 Å². The zero-order valence-corrected chi connectivity index (χ0v) is 12.6. The van der Waals surface area contributed by atoms with Crippen molar-refractivity contribution >= 4 is 5.95 Å². The molecule has 0 spiro atoms. The minimum Gasteiger partial charge on any atom is -0.354 e. The number of nitrogens with one attached hydrogen (secondary N) is 1. The molecule has 1 aromatic heterocycles. The van der Waals surface area contributed by atoms with Gasteiger partial charge in [-0.3, -0.25) is 0 Å². The van der Waals surface area contributed by atoms with Crippen molar-refractivity contribution in [1.29, 1.82) is 0 Å².